The van der Waals surface area contributed by atoms with E-state index in [1.165, 1.54) is 12.6 Å². The quantitative estimate of drug-likeness (QED) is 0.794. The number of carbonyl (C=O) groups is 2. The fraction of sp³-hybridized carbons (Fsp3) is 0.467. The highest BCUT2D eigenvalue weighted by Gasteiger charge is 2.35. The standard InChI is InChI=1S/C15H20N2O3/c1-16-13(18)14(19)17-11-15(7-9-20-10-8-15)12-5-3-2-4-6-12/h2-6H,7-11H2,1H3,(H,16,18)(H,17,19). The maximum absolute atomic E-state index is 11.6. The molecule has 1 aromatic carbocycles. The molecule has 1 aliphatic rings. The largest absolute Gasteiger partial charge is 0.381 e. The Morgan fingerprint density at radius 1 is 1.15 bits per heavy atom. The summed E-state index contributed by atoms with van der Waals surface area (Å²) in [5.41, 5.74) is 1.03. The summed E-state index contributed by atoms with van der Waals surface area (Å²) in [6, 6.07) is 10.1. The van der Waals surface area contributed by atoms with Gasteiger partial charge in [-0.05, 0) is 18.4 Å². The molecule has 2 N–H and O–H groups in total. The number of amides is 2. The summed E-state index contributed by atoms with van der Waals surface area (Å²) in [6.45, 7) is 1.79. The van der Waals surface area contributed by atoms with Crippen LogP contribution in [0.1, 0.15) is 18.4 Å². The van der Waals surface area contributed by atoms with Crippen LogP contribution in [0, 0.1) is 0 Å². The lowest BCUT2D eigenvalue weighted by atomic mass is 9.74. The van der Waals surface area contributed by atoms with Gasteiger partial charge in [0.25, 0.3) is 0 Å². The number of benzene rings is 1. The molecule has 0 aromatic heterocycles. The molecule has 108 valence electrons. The summed E-state index contributed by atoms with van der Waals surface area (Å²) in [4.78, 5) is 22.9. The Morgan fingerprint density at radius 3 is 2.40 bits per heavy atom. The minimum absolute atomic E-state index is 0.150. The van der Waals surface area contributed by atoms with Crippen LogP contribution in [0.3, 0.4) is 0 Å². The molecule has 0 unspecified atom stereocenters. The lowest BCUT2D eigenvalue weighted by molar-refractivity contribution is -0.139. The van der Waals surface area contributed by atoms with Crippen LogP contribution >= 0.6 is 0 Å². The summed E-state index contributed by atoms with van der Waals surface area (Å²) in [7, 11) is 1.45. The first-order valence-electron chi connectivity index (χ1n) is 6.81. The molecule has 1 aromatic rings. The second-order valence-corrected chi connectivity index (χ2v) is 5.02. The monoisotopic (exact) mass is 276 g/mol. The van der Waals surface area contributed by atoms with Crippen LogP contribution in [0.15, 0.2) is 30.3 Å². The molecule has 0 atom stereocenters. The smallest absolute Gasteiger partial charge is 0.309 e. The van der Waals surface area contributed by atoms with Crippen LogP contribution in [0.25, 0.3) is 0 Å². The van der Waals surface area contributed by atoms with Crippen molar-refractivity contribution in [2.75, 3.05) is 26.8 Å². The van der Waals surface area contributed by atoms with Crippen molar-refractivity contribution in [2.45, 2.75) is 18.3 Å². The average Bonchev–Trinajstić information content (AvgIpc) is 2.53. The van der Waals surface area contributed by atoms with Gasteiger partial charge in [0.05, 0.1) is 0 Å². The third-order valence-electron chi connectivity index (χ3n) is 3.86. The van der Waals surface area contributed by atoms with Crippen LogP contribution in [-0.4, -0.2) is 38.6 Å². The normalized spacial score (nSPS) is 17.2. The van der Waals surface area contributed by atoms with Gasteiger partial charge in [-0.2, -0.15) is 0 Å². The first-order valence-corrected chi connectivity index (χ1v) is 6.81. The Bertz CT molecular complexity index is 467. The van der Waals surface area contributed by atoms with Crippen LogP contribution in [0.4, 0.5) is 0 Å². The highest BCUT2D eigenvalue weighted by Crippen LogP contribution is 2.34. The van der Waals surface area contributed by atoms with E-state index < -0.39 is 11.8 Å². The molecule has 0 radical (unpaired) electrons. The molecule has 1 fully saturated rings. The van der Waals surface area contributed by atoms with Gasteiger partial charge < -0.3 is 15.4 Å². The fourth-order valence-corrected chi connectivity index (χ4v) is 2.56. The van der Waals surface area contributed by atoms with E-state index in [-0.39, 0.29) is 5.41 Å². The number of likely N-dealkylation sites (N-methyl/N-ethyl adjacent to an activating group) is 1. The van der Waals surface area contributed by atoms with Gasteiger partial charge in [0.2, 0.25) is 0 Å². The van der Waals surface area contributed by atoms with E-state index in [0.717, 1.165) is 12.8 Å². The van der Waals surface area contributed by atoms with Gasteiger partial charge in [-0.3, -0.25) is 9.59 Å². The second-order valence-electron chi connectivity index (χ2n) is 5.02. The molecule has 1 saturated heterocycles. The van der Waals surface area contributed by atoms with Crippen molar-refractivity contribution in [3.8, 4) is 0 Å². The molecule has 0 saturated carbocycles. The van der Waals surface area contributed by atoms with E-state index in [2.05, 4.69) is 22.8 Å². The molecule has 0 bridgehead atoms. The van der Waals surface area contributed by atoms with Crippen LogP contribution in [-0.2, 0) is 19.7 Å². The molecule has 2 rings (SSSR count). The van der Waals surface area contributed by atoms with Gasteiger partial charge in [0, 0.05) is 32.2 Å². The maximum Gasteiger partial charge on any atom is 0.309 e. The third kappa shape index (κ3) is 3.17. The van der Waals surface area contributed by atoms with Crippen molar-refractivity contribution in [1.82, 2.24) is 10.6 Å². The lowest BCUT2D eigenvalue weighted by Crippen LogP contribution is -2.47. The van der Waals surface area contributed by atoms with Gasteiger partial charge in [-0.1, -0.05) is 30.3 Å². The number of hydrogen-bond acceptors (Lipinski definition) is 3. The number of hydrogen-bond donors (Lipinski definition) is 2. The third-order valence-corrected chi connectivity index (χ3v) is 3.86. The van der Waals surface area contributed by atoms with Gasteiger partial charge in [0.1, 0.15) is 0 Å². The minimum atomic E-state index is -0.611. The Balaban J connectivity index is 2.12. The van der Waals surface area contributed by atoms with E-state index in [4.69, 9.17) is 4.74 Å². The maximum atomic E-state index is 11.6. The summed E-state index contributed by atoms with van der Waals surface area (Å²) >= 11 is 0. The van der Waals surface area contributed by atoms with Crippen molar-refractivity contribution < 1.29 is 14.3 Å². The van der Waals surface area contributed by atoms with E-state index >= 15 is 0 Å². The van der Waals surface area contributed by atoms with Gasteiger partial charge in [-0.15, -0.1) is 0 Å². The minimum Gasteiger partial charge on any atom is -0.381 e. The Labute approximate surface area is 118 Å². The number of rotatable bonds is 3. The van der Waals surface area contributed by atoms with Crippen molar-refractivity contribution in [3.05, 3.63) is 35.9 Å². The highest BCUT2D eigenvalue weighted by molar-refractivity contribution is 6.35. The average molecular weight is 276 g/mol. The van der Waals surface area contributed by atoms with Crippen LogP contribution in [0.2, 0.25) is 0 Å². The number of nitrogens with one attached hydrogen (secondary N) is 2. The predicted octanol–water partition coefficient (Wildman–Crippen LogP) is 0.597. The molecule has 5 nitrogen and oxygen atoms in total. The number of carbonyl (C=O) groups excluding carboxylic acids is 2. The molecule has 0 spiro atoms. The second kappa shape index (κ2) is 6.52. The Morgan fingerprint density at radius 2 is 1.80 bits per heavy atom. The Kier molecular flexibility index (Phi) is 4.74. The predicted molar refractivity (Wildman–Crippen MR) is 75.2 cm³/mol. The Hall–Kier alpha value is -1.88. The topological polar surface area (TPSA) is 67.4 Å². The summed E-state index contributed by atoms with van der Waals surface area (Å²) in [5, 5.41) is 5.06. The molecular weight excluding hydrogens is 256 g/mol. The zero-order chi connectivity index (χ0) is 14.4. The molecule has 1 aliphatic heterocycles. The molecular formula is C15H20N2O3. The highest BCUT2D eigenvalue weighted by atomic mass is 16.5. The number of ether oxygens (including phenoxy) is 1. The van der Waals surface area contributed by atoms with Gasteiger partial charge >= 0.3 is 11.8 Å². The first-order chi connectivity index (χ1) is 9.68. The molecule has 5 heteroatoms. The zero-order valence-corrected chi connectivity index (χ0v) is 11.6. The van der Waals surface area contributed by atoms with Gasteiger partial charge in [0.15, 0.2) is 0 Å². The van der Waals surface area contributed by atoms with E-state index in [0.29, 0.717) is 19.8 Å². The molecule has 0 aliphatic carbocycles. The van der Waals surface area contributed by atoms with Crippen molar-refractivity contribution >= 4 is 11.8 Å². The lowest BCUT2D eigenvalue weighted by Gasteiger charge is -2.37. The summed E-state index contributed by atoms with van der Waals surface area (Å²) < 4.78 is 5.43. The van der Waals surface area contributed by atoms with E-state index in [1.807, 2.05) is 18.2 Å². The molecule has 2 amide bonds. The van der Waals surface area contributed by atoms with Crippen LogP contribution < -0.4 is 10.6 Å². The van der Waals surface area contributed by atoms with Crippen molar-refractivity contribution in [2.24, 2.45) is 0 Å². The zero-order valence-electron chi connectivity index (χ0n) is 11.6. The van der Waals surface area contributed by atoms with Crippen LogP contribution in [0.5, 0.6) is 0 Å². The fourth-order valence-electron chi connectivity index (χ4n) is 2.56. The first kappa shape index (κ1) is 14.5. The molecule has 20 heavy (non-hydrogen) atoms. The molecule has 1 heterocycles. The van der Waals surface area contributed by atoms with Gasteiger partial charge in [-0.25, -0.2) is 0 Å². The summed E-state index contributed by atoms with van der Waals surface area (Å²) in [6.07, 6.45) is 1.68. The van der Waals surface area contributed by atoms with Crippen molar-refractivity contribution in [1.29, 1.82) is 0 Å². The van der Waals surface area contributed by atoms with E-state index in [1.54, 1.807) is 0 Å². The SMILES string of the molecule is CNC(=O)C(=O)NCC1(c2ccccc2)CCOCC1. The van der Waals surface area contributed by atoms with Crippen molar-refractivity contribution in [3.63, 3.8) is 0 Å². The summed E-state index contributed by atoms with van der Waals surface area (Å²) in [5.74, 6) is -1.20. The van der Waals surface area contributed by atoms with E-state index in [9.17, 15) is 9.59 Å².